The molecular formula is C8H7NO3. The average molecular weight is 165 g/mol. The predicted molar refractivity (Wildman–Crippen MR) is 43.2 cm³/mol. The molecule has 2 aromatic heterocycles. The molecule has 4 heteroatoms. The van der Waals surface area contributed by atoms with E-state index in [0.29, 0.717) is 16.9 Å². The molecule has 0 atom stereocenters. The van der Waals surface area contributed by atoms with Crippen molar-refractivity contribution in [2.24, 2.45) is 0 Å². The highest BCUT2D eigenvalue weighted by molar-refractivity contribution is 5.75. The first-order valence-electron chi connectivity index (χ1n) is 3.49. The Balaban J connectivity index is 2.92. The second kappa shape index (κ2) is 2.14. The Morgan fingerprint density at radius 1 is 1.50 bits per heavy atom. The number of hydrogen-bond donors (Lipinski definition) is 2. The highest BCUT2D eigenvalue weighted by atomic mass is 16.3. The third kappa shape index (κ3) is 0.887. The van der Waals surface area contributed by atoms with Crippen LogP contribution in [-0.2, 0) is 0 Å². The summed E-state index contributed by atoms with van der Waals surface area (Å²) < 4.78 is 5.14. The number of furan rings is 1. The van der Waals surface area contributed by atoms with Crippen molar-refractivity contribution in [3.05, 3.63) is 28.2 Å². The van der Waals surface area contributed by atoms with E-state index in [1.807, 2.05) is 0 Å². The van der Waals surface area contributed by atoms with Crippen molar-refractivity contribution in [1.29, 1.82) is 0 Å². The molecule has 2 rings (SSSR count). The van der Waals surface area contributed by atoms with Gasteiger partial charge in [0.25, 0.3) is 5.56 Å². The first-order chi connectivity index (χ1) is 5.66. The van der Waals surface area contributed by atoms with E-state index in [2.05, 4.69) is 4.98 Å². The van der Waals surface area contributed by atoms with Gasteiger partial charge in [0.1, 0.15) is 5.76 Å². The molecule has 62 valence electrons. The van der Waals surface area contributed by atoms with Gasteiger partial charge in [-0.05, 0) is 19.1 Å². The smallest absolute Gasteiger partial charge is 0.292 e. The van der Waals surface area contributed by atoms with Crippen molar-refractivity contribution in [2.75, 3.05) is 0 Å². The molecule has 0 aliphatic carbocycles. The number of hydrogen-bond acceptors (Lipinski definition) is 3. The summed E-state index contributed by atoms with van der Waals surface area (Å²) in [5.41, 5.74) is -0.132. The van der Waals surface area contributed by atoms with Gasteiger partial charge in [-0.15, -0.1) is 0 Å². The SMILES string of the molecule is Cc1cc2cc(O)c(=O)[nH]c2o1. The fourth-order valence-corrected chi connectivity index (χ4v) is 1.12. The zero-order chi connectivity index (χ0) is 8.72. The summed E-state index contributed by atoms with van der Waals surface area (Å²) in [5, 5.41) is 9.74. The van der Waals surface area contributed by atoms with Gasteiger partial charge in [0.15, 0.2) is 5.75 Å². The quantitative estimate of drug-likeness (QED) is 0.615. The highest BCUT2D eigenvalue weighted by Crippen LogP contribution is 2.17. The van der Waals surface area contributed by atoms with Crippen molar-refractivity contribution >= 4 is 11.1 Å². The van der Waals surface area contributed by atoms with Crippen LogP contribution in [0.1, 0.15) is 5.76 Å². The zero-order valence-corrected chi connectivity index (χ0v) is 6.42. The lowest BCUT2D eigenvalue weighted by Gasteiger charge is -1.88. The van der Waals surface area contributed by atoms with E-state index in [1.165, 1.54) is 6.07 Å². The fourth-order valence-electron chi connectivity index (χ4n) is 1.12. The number of aromatic amines is 1. The molecule has 0 aliphatic heterocycles. The van der Waals surface area contributed by atoms with Crippen LogP contribution in [0, 0.1) is 6.92 Å². The number of aromatic nitrogens is 1. The normalized spacial score (nSPS) is 10.8. The number of aromatic hydroxyl groups is 1. The standard InChI is InChI=1S/C8H7NO3/c1-4-2-5-3-6(10)7(11)9-8(5)12-4/h2-3,10H,1H3,(H,9,11). The van der Waals surface area contributed by atoms with E-state index in [9.17, 15) is 4.79 Å². The van der Waals surface area contributed by atoms with Gasteiger partial charge in [-0.25, -0.2) is 0 Å². The van der Waals surface area contributed by atoms with Gasteiger partial charge in [-0.3, -0.25) is 9.78 Å². The molecule has 0 spiro atoms. The second-order valence-corrected chi connectivity index (χ2v) is 2.63. The summed E-state index contributed by atoms with van der Waals surface area (Å²) in [6.45, 7) is 1.77. The third-order valence-corrected chi connectivity index (χ3v) is 1.64. The maximum Gasteiger partial charge on any atom is 0.292 e. The molecule has 0 saturated heterocycles. The Morgan fingerprint density at radius 2 is 2.25 bits per heavy atom. The maximum absolute atomic E-state index is 10.9. The summed E-state index contributed by atoms with van der Waals surface area (Å²) >= 11 is 0. The molecule has 0 unspecified atom stereocenters. The fraction of sp³-hybridized carbons (Fsp3) is 0.125. The molecule has 2 heterocycles. The zero-order valence-electron chi connectivity index (χ0n) is 6.42. The average Bonchev–Trinajstić information content (AvgIpc) is 2.30. The van der Waals surface area contributed by atoms with Gasteiger partial charge in [-0.2, -0.15) is 0 Å². The van der Waals surface area contributed by atoms with E-state index in [0.717, 1.165) is 0 Å². The highest BCUT2D eigenvalue weighted by Gasteiger charge is 2.03. The van der Waals surface area contributed by atoms with Gasteiger partial charge in [0, 0.05) is 5.39 Å². The van der Waals surface area contributed by atoms with Gasteiger partial charge in [0.2, 0.25) is 5.71 Å². The lowest BCUT2D eigenvalue weighted by molar-refractivity contribution is 0.466. The van der Waals surface area contributed by atoms with E-state index in [1.54, 1.807) is 13.0 Å². The molecule has 0 fully saturated rings. The van der Waals surface area contributed by atoms with E-state index in [-0.39, 0.29) is 5.75 Å². The molecule has 0 aromatic carbocycles. The van der Waals surface area contributed by atoms with E-state index in [4.69, 9.17) is 9.52 Å². The van der Waals surface area contributed by atoms with Gasteiger partial charge < -0.3 is 9.52 Å². The van der Waals surface area contributed by atoms with Crippen LogP contribution in [0.4, 0.5) is 0 Å². The van der Waals surface area contributed by atoms with Crippen molar-refractivity contribution in [3.63, 3.8) is 0 Å². The lowest BCUT2D eigenvalue weighted by atomic mass is 10.3. The Bertz CT molecular complexity index is 480. The van der Waals surface area contributed by atoms with Crippen molar-refractivity contribution < 1.29 is 9.52 Å². The van der Waals surface area contributed by atoms with Crippen LogP contribution in [0.25, 0.3) is 11.1 Å². The van der Waals surface area contributed by atoms with Crippen LogP contribution in [0.2, 0.25) is 0 Å². The molecule has 0 bridgehead atoms. The number of nitrogens with one attached hydrogen (secondary N) is 1. The number of pyridine rings is 1. The first kappa shape index (κ1) is 6.97. The number of H-pyrrole nitrogens is 1. The molecule has 4 nitrogen and oxygen atoms in total. The van der Waals surface area contributed by atoms with Gasteiger partial charge in [-0.1, -0.05) is 0 Å². The molecule has 0 radical (unpaired) electrons. The molecule has 2 N–H and O–H groups in total. The van der Waals surface area contributed by atoms with Crippen LogP contribution < -0.4 is 5.56 Å². The van der Waals surface area contributed by atoms with Crippen LogP contribution in [-0.4, -0.2) is 10.1 Å². The summed E-state index contributed by atoms with van der Waals surface area (Å²) in [6.07, 6.45) is 0. The summed E-state index contributed by atoms with van der Waals surface area (Å²) in [5.74, 6) is 0.412. The topological polar surface area (TPSA) is 66.2 Å². The van der Waals surface area contributed by atoms with Crippen LogP contribution in [0.5, 0.6) is 5.75 Å². The number of fused-ring (bicyclic) bond motifs is 1. The molecule has 2 aromatic rings. The Labute approximate surface area is 67.4 Å². The molecule has 12 heavy (non-hydrogen) atoms. The Kier molecular flexibility index (Phi) is 1.24. The Hall–Kier alpha value is -1.71. The minimum atomic E-state index is -0.531. The molecular weight excluding hydrogens is 158 g/mol. The van der Waals surface area contributed by atoms with E-state index < -0.39 is 5.56 Å². The van der Waals surface area contributed by atoms with Crippen LogP contribution >= 0.6 is 0 Å². The predicted octanol–water partition coefficient (Wildman–Crippen LogP) is 1.14. The summed E-state index contributed by atoms with van der Waals surface area (Å²) in [4.78, 5) is 13.3. The first-order valence-corrected chi connectivity index (χ1v) is 3.49. The third-order valence-electron chi connectivity index (χ3n) is 1.64. The minimum absolute atomic E-state index is 0.289. The van der Waals surface area contributed by atoms with Gasteiger partial charge in [0.05, 0.1) is 0 Å². The molecule has 0 saturated carbocycles. The maximum atomic E-state index is 10.9. The number of rotatable bonds is 0. The van der Waals surface area contributed by atoms with Crippen molar-refractivity contribution in [3.8, 4) is 5.75 Å². The molecule has 0 aliphatic rings. The van der Waals surface area contributed by atoms with E-state index >= 15 is 0 Å². The summed E-state index contributed by atoms with van der Waals surface area (Å²) in [7, 11) is 0. The largest absolute Gasteiger partial charge is 0.503 e. The number of aryl methyl sites for hydroxylation is 1. The van der Waals surface area contributed by atoms with Crippen LogP contribution in [0.15, 0.2) is 21.3 Å². The van der Waals surface area contributed by atoms with Gasteiger partial charge >= 0.3 is 0 Å². The molecule has 0 amide bonds. The lowest BCUT2D eigenvalue weighted by Crippen LogP contribution is -2.02. The Morgan fingerprint density at radius 3 is 3.00 bits per heavy atom. The van der Waals surface area contributed by atoms with Crippen molar-refractivity contribution in [2.45, 2.75) is 6.92 Å². The van der Waals surface area contributed by atoms with Crippen molar-refractivity contribution in [1.82, 2.24) is 4.98 Å². The van der Waals surface area contributed by atoms with Crippen LogP contribution in [0.3, 0.4) is 0 Å². The second-order valence-electron chi connectivity index (χ2n) is 2.63. The monoisotopic (exact) mass is 165 g/mol. The minimum Gasteiger partial charge on any atom is -0.503 e. The summed E-state index contributed by atoms with van der Waals surface area (Å²) in [6, 6.07) is 3.12.